The van der Waals surface area contributed by atoms with Crippen LogP contribution in [0.2, 0.25) is 0 Å². The molecule has 1 fully saturated rings. The number of carbonyl (C=O) groups is 1. The second-order valence-electron chi connectivity index (χ2n) is 7.85. The van der Waals surface area contributed by atoms with E-state index in [0.29, 0.717) is 6.54 Å². The molecule has 0 radical (unpaired) electrons. The Hall–Kier alpha value is -2.33. The molecule has 1 saturated heterocycles. The van der Waals surface area contributed by atoms with Crippen molar-refractivity contribution in [3.63, 3.8) is 0 Å². The Balaban J connectivity index is 1.70. The highest BCUT2D eigenvalue weighted by atomic mass is 32.2. The summed E-state index contributed by atoms with van der Waals surface area (Å²) in [6.07, 6.45) is 0. The first kappa shape index (κ1) is 23.3. The Bertz CT molecular complexity index is 979. The molecule has 2 atom stereocenters. The molecule has 2 aromatic rings. The summed E-state index contributed by atoms with van der Waals surface area (Å²) in [5.74, 6) is -1.33. The van der Waals surface area contributed by atoms with Gasteiger partial charge in [-0.3, -0.25) is 9.69 Å². The third-order valence-corrected chi connectivity index (χ3v) is 6.98. The van der Waals surface area contributed by atoms with Crippen molar-refractivity contribution >= 4 is 15.9 Å². The zero-order valence-corrected chi connectivity index (χ0v) is 18.6. The molecule has 168 valence electrons. The van der Waals surface area contributed by atoms with Crippen LogP contribution in [0.25, 0.3) is 0 Å². The third-order valence-electron chi connectivity index (χ3n) is 5.41. The smallest absolute Gasteiger partial charge is 0.244 e. The lowest BCUT2D eigenvalue weighted by molar-refractivity contribution is -0.123. The summed E-state index contributed by atoms with van der Waals surface area (Å²) in [7, 11) is -2.09. The summed E-state index contributed by atoms with van der Waals surface area (Å²) in [6.45, 7) is 5.76. The van der Waals surface area contributed by atoms with Gasteiger partial charge in [0.25, 0.3) is 0 Å². The maximum absolute atomic E-state index is 13.9. The summed E-state index contributed by atoms with van der Waals surface area (Å²) < 4.78 is 41.3. The fourth-order valence-electron chi connectivity index (χ4n) is 3.52. The van der Waals surface area contributed by atoms with E-state index in [0.717, 1.165) is 37.8 Å². The molecule has 1 unspecified atom stereocenters. The average Bonchev–Trinajstić information content (AvgIpc) is 2.75. The Labute approximate surface area is 183 Å². The quantitative estimate of drug-likeness (QED) is 0.641. The van der Waals surface area contributed by atoms with Crippen molar-refractivity contribution in [1.82, 2.24) is 19.8 Å². The van der Waals surface area contributed by atoms with Gasteiger partial charge in [0.15, 0.2) is 0 Å². The van der Waals surface area contributed by atoms with Crippen LogP contribution in [-0.4, -0.2) is 69.9 Å². The predicted molar refractivity (Wildman–Crippen MR) is 117 cm³/mol. The molecule has 1 aliphatic heterocycles. The lowest BCUT2D eigenvalue weighted by atomic mass is 10.1. The molecule has 2 N–H and O–H groups in total. The highest BCUT2D eigenvalue weighted by molar-refractivity contribution is 7.89. The number of likely N-dealkylation sites (N-methyl/N-ethyl adjacent to an activating group) is 1. The van der Waals surface area contributed by atoms with Crippen LogP contribution in [0, 0.1) is 5.82 Å². The van der Waals surface area contributed by atoms with Gasteiger partial charge in [0, 0.05) is 32.7 Å². The van der Waals surface area contributed by atoms with Gasteiger partial charge in [-0.05, 0) is 31.7 Å². The number of amides is 1. The monoisotopic (exact) mass is 448 g/mol. The van der Waals surface area contributed by atoms with Crippen molar-refractivity contribution < 1.29 is 17.6 Å². The van der Waals surface area contributed by atoms with Crippen molar-refractivity contribution in [2.75, 3.05) is 39.8 Å². The molecule has 2 aromatic carbocycles. The minimum Gasteiger partial charge on any atom is -0.347 e. The normalized spacial score (nSPS) is 17.8. The zero-order valence-electron chi connectivity index (χ0n) is 17.8. The summed E-state index contributed by atoms with van der Waals surface area (Å²) in [5, 5.41) is 2.97. The topological polar surface area (TPSA) is 81.7 Å². The minimum atomic E-state index is -4.17. The molecule has 7 nitrogen and oxygen atoms in total. The molecule has 31 heavy (non-hydrogen) atoms. The third kappa shape index (κ3) is 6.33. The fraction of sp³-hybridized carbons (Fsp3) is 0.409. The number of benzene rings is 2. The second-order valence-corrected chi connectivity index (χ2v) is 9.53. The highest BCUT2D eigenvalue weighted by Gasteiger charge is 2.27. The van der Waals surface area contributed by atoms with Crippen LogP contribution < -0.4 is 10.0 Å². The first-order valence-electron chi connectivity index (χ1n) is 10.3. The van der Waals surface area contributed by atoms with Crippen LogP contribution in [0.5, 0.6) is 0 Å². The Kier molecular flexibility index (Phi) is 7.77. The summed E-state index contributed by atoms with van der Waals surface area (Å²) in [5.41, 5.74) is 0.943. The van der Waals surface area contributed by atoms with Crippen LogP contribution in [0.15, 0.2) is 59.5 Å². The van der Waals surface area contributed by atoms with E-state index in [1.165, 1.54) is 25.1 Å². The predicted octanol–water partition coefficient (Wildman–Crippen LogP) is 1.60. The number of rotatable bonds is 8. The van der Waals surface area contributed by atoms with Gasteiger partial charge < -0.3 is 10.2 Å². The molecule has 0 saturated carbocycles. The van der Waals surface area contributed by atoms with Crippen molar-refractivity contribution in [2.45, 2.75) is 23.9 Å². The number of hydrogen-bond donors (Lipinski definition) is 2. The van der Waals surface area contributed by atoms with Gasteiger partial charge in [-0.25, -0.2) is 12.8 Å². The molecule has 9 heteroatoms. The van der Waals surface area contributed by atoms with Gasteiger partial charge in [0.2, 0.25) is 15.9 Å². The summed E-state index contributed by atoms with van der Waals surface area (Å²) in [6, 6.07) is 13.3. The maximum Gasteiger partial charge on any atom is 0.244 e. The minimum absolute atomic E-state index is 0.294. The molecule has 0 aliphatic carbocycles. The molecule has 1 heterocycles. The first-order valence-corrected chi connectivity index (χ1v) is 11.8. The van der Waals surface area contributed by atoms with Crippen molar-refractivity contribution in [3.05, 3.63) is 66.0 Å². The Morgan fingerprint density at radius 2 is 1.65 bits per heavy atom. The van der Waals surface area contributed by atoms with Gasteiger partial charge in [0.05, 0.1) is 12.1 Å². The van der Waals surface area contributed by atoms with E-state index in [4.69, 9.17) is 0 Å². The van der Waals surface area contributed by atoms with Crippen LogP contribution >= 0.6 is 0 Å². The number of nitrogens with one attached hydrogen (secondary N) is 2. The second kappa shape index (κ2) is 10.3. The van der Waals surface area contributed by atoms with Crippen LogP contribution in [0.3, 0.4) is 0 Å². The lowest BCUT2D eigenvalue weighted by Gasteiger charge is -2.35. The van der Waals surface area contributed by atoms with Crippen LogP contribution in [0.4, 0.5) is 4.39 Å². The SMILES string of the molecule is C[C@H](NS(=O)(=O)c1ccccc1F)C(=O)NC(CN1CCN(C)CC1)c1ccccc1. The van der Waals surface area contributed by atoms with Crippen molar-refractivity contribution in [1.29, 1.82) is 0 Å². The molecule has 0 aromatic heterocycles. The largest absolute Gasteiger partial charge is 0.347 e. The number of hydrogen-bond acceptors (Lipinski definition) is 5. The summed E-state index contributed by atoms with van der Waals surface area (Å²) >= 11 is 0. The molecule has 3 rings (SSSR count). The first-order chi connectivity index (χ1) is 14.8. The highest BCUT2D eigenvalue weighted by Crippen LogP contribution is 2.17. The van der Waals surface area contributed by atoms with Crippen molar-refractivity contribution in [2.24, 2.45) is 0 Å². The van der Waals surface area contributed by atoms with Gasteiger partial charge >= 0.3 is 0 Å². The number of carbonyl (C=O) groups excluding carboxylic acids is 1. The number of piperazine rings is 1. The van der Waals surface area contributed by atoms with Crippen molar-refractivity contribution in [3.8, 4) is 0 Å². The molecular formula is C22H29FN4O3S. The number of nitrogens with zero attached hydrogens (tertiary/aromatic N) is 2. The van der Waals surface area contributed by atoms with E-state index < -0.39 is 32.7 Å². The van der Waals surface area contributed by atoms with Crippen LogP contribution in [0.1, 0.15) is 18.5 Å². The molecule has 0 bridgehead atoms. The Morgan fingerprint density at radius 1 is 1.03 bits per heavy atom. The van der Waals surface area contributed by atoms with Gasteiger partial charge in [-0.2, -0.15) is 4.72 Å². The van der Waals surface area contributed by atoms with E-state index >= 15 is 0 Å². The van der Waals surface area contributed by atoms with Gasteiger partial charge in [0.1, 0.15) is 10.7 Å². The number of halogens is 1. The zero-order chi connectivity index (χ0) is 22.4. The molecule has 1 aliphatic rings. The molecular weight excluding hydrogens is 419 g/mol. The van der Waals surface area contributed by atoms with Gasteiger partial charge in [-0.15, -0.1) is 0 Å². The lowest BCUT2D eigenvalue weighted by Crippen LogP contribution is -2.50. The standard InChI is InChI=1S/C22H29FN4O3S/c1-17(25-31(29,30)21-11-7-6-10-19(21)23)22(28)24-20(18-8-4-3-5-9-18)16-27-14-12-26(2)13-15-27/h3-11,17,20,25H,12-16H2,1-2H3,(H,24,28)/t17-,20?/m0/s1. The molecule has 1 amide bonds. The van der Waals surface area contributed by atoms with Crippen LogP contribution in [-0.2, 0) is 14.8 Å². The van der Waals surface area contributed by atoms with E-state index in [2.05, 4.69) is 26.9 Å². The average molecular weight is 449 g/mol. The van der Waals surface area contributed by atoms with Gasteiger partial charge in [-0.1, -0.05) is 42.5 Å². The van der Waals surface area contributed by atoms with E-state index in [1.54, 1.807) is 0 Å². The Morgan fingerprint density at radius 3 is 2.29 bits per heavy atom. The van der Waals surface area contributed by atoms with E-state index in [9.17, 15) is 17.6 Å². The fourth-order valence-corrected chi connectivity index (χ4v) is 4.80. The number of sulfonamides is 1. The van der Waals surface area contributed by atoms with E-state index in [-0.39, 0.29) is 6.04 Å². The summed E-state index contributed by atoms with van der Waals surface area (Å²) in [4.78, 5) is 16.9. The molecule has 0 spiro atoms. The maximum atomic E-state index is 13.9. The van der Waals surface area contributed by atoms with E-state index in [1.807, 2.05) is 30.3 Å².